The first-order valence-corrected chi connectivity index (χ1v) is 6.71. The predicted octanol–water partition coefficient (Wildman–Crippen LogP) is 3.08. The molecule has 3 nitrogen and oxygen atoms in total. The van der Waals surface area contributed by atoms with Crippen molar-refractivity contribution in [3.05, 3.63) is 65.4 Å². The molecule has 0 amide bonds. The van der Waals surface area contributed by atoms with Crippen molar-refractivity contribution in [2.24, 2.45) is 0 Å². The molecule has 0 unspecified atom stereocenters. The number of para-hydroxylation sites is 1. The number of nitrogens with zero attached hydrogens (tertiary/aromatic N) is 2. The van der Waals surface area contributed by atoms with E-state index in [9.17, 15) is 8.78 Å². The van der Waals surface area contributed by atoms with Crippen LogP contribution < -0.4 is 5.32 Å². The van der Waals surface area contributed by atoms with Crippen LogP contribution >= 0.6 is 0 Å². The summed E-state index contributed by atoms with van der Waals surface area (Å²) in [6.45, 7) is 0.976. The summed E-state index contributed by atoms with van der Waals surface area (Å²) in [5.74, 6) is -1.14. The fraction of sp³-hybridized carbons (Fsp3) is 0.188. The number of fused-ring (bicyclic) bond motifs is 1. The molecule has 1 aromatic heterocycles. The van der Waals surface area contributed by atoms with Crippen molar-refractivity contribution >= 4 is 10.9 Å². The Morgan fingerprint density at radius 3 is 2.52 bits per heavy atom. The van der Waals surface area contributed by atoms with Gasteiger partial charge < -0.3 is 5.32 Å². The maximum Gasteiger partial charge on any atom is 0.126 e. The van der Waals surface area contributed by atoms with E-state index in [1.165, 1.54) is 12.1 Å². The first-order valence-electron chi connectivity index (χ1n) is 6.71. The highest BCUT2D eigenvalue weighted by Crippen LogP contribution is 2.20. The molecule has 3 aromatic rings. The molecule has 0 aliphatic rings. The van der Waals surface area contributed by atoms with Crippen LogP contribution in [0.5, 0.6) is 0 Å². The number of hydrogen-bond acceptors (Lipinski definition) is 2. The van der Waals surface area contributed by atoms with Gasteiger partial charge in [0.15, 0.2) is 0 Å². The lowest BCUT2D eigenvalue weighted by Crippen LogP contribution is -2.08. The maximum atomic E-state index is 13.3. The molecule has 0 fully saturated rings. The number of hydrogen-bond donors (Lipinski definition) is 1. The molecule has 3 rings (SSSR count). The van der Waals surface area contributed by atoms with Crippen LogP contribution in [0, 0.1) is 11.6 Å². The number of aromatic nitrogens is 2. The van der Waals surface area contributed by atoms with Crippen molar-refractivity contribution in [2.75, 3.05) is 7.05 Å². The summed E-state index contributed by atoms with van der Waals surface area (Å²) in [6, 6.07) is 11.4. The molecule has 0 saturated carbocycles. The van der Waals surface area contributed by atoms with E-state index in [1.54, 1.807) is 4.68 Å². The molecule has 5 heteroatoms. The van der Waals surface area contributed by atoms with Crippen molar-refractivity contribution in [3.8, 4) is 0 Å². The van der Waals surface area contributed by atoms with Gasteiger partial charge in [-0.3, -0.25) is 4.68 Å². The largest absolute Gasteiger partial charge is 0.314 e. The summed E-state index contributed by atoms with van der Waals surface area (Å²) in [5.41, 5.74) is 2.43. The smallest absolute Gasteiger partial charge is 0.126 e. The molecule has 0 aliphatic heterocycles. The van der Waals surface area contributed by atoms with Gasteiger partial charge in [-0.15, -0.1) is 0 Å². The molecule has 21 heavy (non-hydrogen) atoms. The SMILES string of the molecule is CNCc1nn(Cc2cc(F)cc(F)c2)c2ccccc12. The standard InChI is InChI=1S/C16H15F2N3/c1-19-9-15-14-4-2-3-5-16(14)21(20-15)10-11-6-12(17)8-13(18)7-11/h2-8,19H,9-10H2,1H3. The second-order valence-electron chi connectivity index (χ2n) is 4.93. The second kappa shape index (κ2) is 5.61. The number of rotatable bonds is 4. The highest BCUT2D eigenvalue weighted by molar-refractivity contribution is 5.82. The summed E-state index contributed by atoms with van der Waals surface area (Å²) in [5, 5.41) is 8.66. The monoisotopic (exact) mass is 287 g/mol. The first-order chi connectivity index (χ1) is 10.2. The zero-order valence-electron chi connectivity index (χ0n) is 11.6. The predicted molar refractivity (Wildman–Crippen MR) is 78.0 cm³/mol. The Hall–Kier alpha value is -2.27. The average Bonchev–Trinajstić information content (AvgIpc) is 2.77. The molecular weight excluding hydrogens is 272 g/mol. The highest BCUT2D eigenvalue weighted by atomic mass is 19.1. The van der Waals surface area contributed by atoms with E-state index in [-0.39, 0.29) is 0 Å². The van der Waals surface area contributed by atoms with Gasteiger partial charge >= 0.3 is 0 Å². The molecule has 0 atom stereocenters. The molecule has 1 N–H and O–H groups in total. The normalized spacial score (nSPS) is 11.2. The highest BCUT2D eigenvalue weighted by Gasteiger charge is 2.10. The fourth-order valence-electron chi connectivity index (χ4n) is 2.49. The zero-order chi connectivity index (χ0) is 14.8. The van der Waals surface area contributed by atoms with Gasteiger partial charge in [0.05, 0.1) is 17.8 Å². The number of nitrogens with one attached hydrogen (secondary N) is 1. The number of halogens is 2. The van der Waals surface area contributed by atoms with E-state index in [2.05, 4.69) is 10.4 Å². The van der Waals surface area contributed by atoms with E-state index >= 15 is 0 Å². The maximum absolute atomic E-state index is 13.3. The van der Waals surface area contributed by atoms with Crippen LogP contribution in [0.15, 0.2) is 42.5 Å². The molecule has 108 valence electrons. The summed E-state index contributed by atoms with van der Waals surface area (Å²) in [6.07, 6.45) is 0. The molecule has 2 aromatic carbocycles. The van der Waals surface area contributed by atoms with Crippen molar-refractivity contribution in [2.45, 2.75) is 13.1 Å². The van der Waals surface area contributed by atoms with Crippen LogP contribution in [-0.4, -0.2) is 16.8 Å². The van der Waals surface area contributed by atoms with Crippen LogP contribution in [0.4, 0.5) is 8.78 Å². The van der Waals surface area contributed by atoms with Gasteiger partial charge in [-0.1, -0.05) is 18.2 Å². The molecule has 0 saturated heterocycles. The minimum Gasteiger partial charge on any atom is -0.314 e. The van der Waals surface area contributed by atoms with Gasteiger partial charge in [-0.25, -0.2) is 8.78 Å². The Balaban J connectivity index is 2.04. The first kappa shape index (κ1) is 13.7. The van der Waals surface area contributed by atoms with Crippen molar-refractivity contribution in [1.29, 1.82) is 0 Å². The van der Waals surface area contributed by atoms with Gasteiger partial charge in [-0.05, 0) is 30.8 Å². The average molecular weight is 287 g/mol. The third kappa shape index (κ3) is 2.78. The summed E-state index contributed by atoms with van der Waals surface area (Å²) in [7, 11) is 1.86. The minimum atomic E-state index is -0.572. The van der Waals surface area contributed by atoms with Gasteiger partial charge in [0, 0.05) is 18.0 Å². The second-order valence-corrected chi connectivity index (χ2v) is 4.93. The van der Waals surface area contributed by atoms with Gasteiger partial charge in [0.2, 0.25) is 0 Å². The van der Waals surface area contributed by atoms with Crippen LogP contribution in [0.3, 0.4) is 0 Å². The van der Waals surface area contributed by atoms with Crippen molar-refractivity contribution in [3.63, 3.8) is 0 Å². The fourth-order valence-corrected chi connectivity index (χ4v) is 2.49. The van der Waals surface area contributed by atoms with E-state index in [0.717, 1.165) is 22.7 Å². The Morgan fingerprint density at radius 1 is 1.10 bits per heavy atom. The summed E-state index contributed by atoms with van der Waals surface area (Å²) >= 11 is 0. The third-order valence-corrected chi connectivity index (χ3v) is 3.33. The van der Waals surface area contributed by atoms with Crippen LogP contribution in [-0.2, 0) is 13.1 Å². The Kier molecular flexibility index (Phi) is 3.66. The molecule has 0 spiro atoms. The van der Waals surface area contributed by atoms with Crippen molar-refractivity contribution in [1.82, 2.24) is 15.1 Å². The van der Waals surface area contributed by atoms with Crippen LogP contribution in [0.25, 0.3) is 10.9 Å². The molecule has 0 bridgehead atoms. The van der Waals surface area contributed by atoms with Crippen LogP contribution in [0.1, 0.15) is 11.3 Å². The third-order valence-electron chi connectivity index (χ3n) is 3.33. The van der Waals surface area contributed by atoms with E-state index < -0.39 is 11.6 Å². The molecule has 1 heterocycles. The summed E-state index contributed by atoms with van der Waals surface area (Å²) < 4.78 is 28.4. The van der Waals surface area contributed by atoms with E-state index in [0.29, 0.717) is 18.7 Å². The number of benzene rings is 2. The van der Waals surface area contributed by atoms with Gasteiger partial charge in [0.1, 0.15) is 11.6 Å². The Morgan fingerprint density at radius 2 is 1.81 bits per heavy atom. The Labute approximate surface area is 121 Å². The Bertz CT molecular complexity index is 760. The minimum absolute atomic E-state index is 0.332. The van der Waals surface area contributed by atoms with Crippen LogP contribution in [0.2, 0.25) is 0 Å². The lowest BCUT2D eigenvalue weighted by Gasteiger charge is -2.04. The molecule has 0 radical (unpaired) electrons. The van der Waals surface area contributed by atoms with Crippen molar-refractivity contribution < 1.29 is 8.78 Å². The van der Waals surface area contributed by atoms with E-state index in [1.807, 2.05) is 31.3 Å². The summed E-state index contributed by atoms with van der Waals surface area (Å²) in [4.78, 5) is 0. The topological polar surface area (TPSA) is 29.9 Å². The quantitative estimate of drug-likeness (QED) is 0.799. The molecular formula is C16H15F2N3. The van der Waals surface area contributed by atoms with Gasteiger partial charge in [0.25, 0.3) is 0 Å². The lowest BCUT2D eigenvalue weighted by molar-refractivity contribution is 0.575. The zero-order valence-corrected chi connectivity index (χ0v) is 11.6. The molecule has 0 aliphatic carbocycles. The van der Waals surface area contributed by atoms with E-state index in [4.69, 9.17) is 0 Å². The van der Waals surface area contributed by atoms with Gasteiger partial charge in [-0.2, -0.15) is 5.10 Å². The lowest BCUT2D eigenvalue weighted by atomic mass is 10.2.